The fraction of sp³-hybridized carbons (Fsp3) is 0.625. The van der Waals surface area contributed by atoms with Crippen LogP contribution in [0.1, 0.15) is 30.5 Å². The van der Waals surface area contributed by atoms with E-state index in [1.54, 1.807) is 7.11 Å². The molecule has 1 aromatic carbocycles. The van der Waals surface area contributed by atoms with Crippen molar-refractivity contribution >= 4 is 0 Å². The molecule has 0 aliphatic heterocycles. The Labute approximate surface area is 122 Å². The molecule has 0 amide bonds. The van der Waals surface area contributed by atoms with E-state index in [2.05, 4.69) is 31.3 Å². The van der Waals surface area contributed by atoms with Crippen LogP contribution in [0.2, 0.25) is 0 Å². The molecule has 1 unspecified atom stereocenters. The van der Waals surface area contributed by atoms with Crippen LogP contribution in [-0.4, -0.2) is 40.6 Å². The molecule has 4 nitrogen and oxygen atoms in total. The van der Waals surface area contributed by atoms with Crippen molar-refractivity contribution in [3.05, 3.63) is 29.3 Å². The highest BCUT2D eigenvalue weighted by atomic mass is 16.5. The predicted octanol–water partition coefficient (Wildman–Crippen LogP) is 2.71. The second kappa shape index (κ2) is 9.75. The number of hydrogen-bond acceptors (Lipinski definition) is 4. The van der Waals surface area contributed by atoms with E-state index in [-0.39, 0.29) is 0 Å². The molecule has 0 saturated heterocycles. The van der Waals surface area contributed by atoms with Crippen LogP contribution in [0.25, 0.3) is 0 Å². The molecule has 0 fully saturated rings. The largest absolute Gasteiger partial charge is 0.491 e. The Morgan fingerprint density at radius 1 is 1.15 bits per heavy atom. The van der Waals surface area contributed by atoms with Crippen LogP contribution in [0.5, 0.6) is 5.75 Å². The molecule has 114 valence electrons. The van der Waals surface area contributed by atoms with Crippen molar-refractivity contribution in [2.24, 2.45) is 0 Å². The minimum atomic E-state index is 0.354. The average molecular weight is 281 g/mol. The number of hydrogen-bond donors (Lipinski definition) is 1. The number of methoxy groups -OCH3 is 1. The first-order valence-corrected chi connectivity index (χ1v) is 7.16. The molecule has 0 aliphatic carbocycles. The molecule has 0 saturated carbocycles. The van der Waals surface area contributed by atoms with Gasteiger partial charge in [-0.1, -0.05) is 12.1 Å². The van der Waals surface area contributed by atoms with E-state index >= 15 is 0 Å². The summed E-state index contributed by atoms with van der Waals surface area (Å²) >= 11 is 0. The molecule has 0 aromatic heterocycles. The van der Waals surface area contributed by atoms with Crippen LogP contribution >= 0.6 is 0 Å². The summed E-state index contributed by atoms with van der Waals surface area (Å²) in [4.78, 5) is 0. The fourth-order valence-corrected chi connectivity index (χ4v) is 1.89. The number of aryl methyl sites for hydroxylation is 1. The van der Waals surface area contributed by atoms with Gasteiger partial charge in [-0.2, -0.15) is 0 Å². The van der Waals surface area contributed by atoms with E-state index in [1.807, 2.05) is 13.1 Å². The summed E-state index contributed by atoms with van der Waals surface area (Å²) in [5, 5.41) is 3.23. The van der Waals surface area contributed by atoms with Gasteiger partial charge in [0.15, 0.2) is 0 Å². The van der Waals surface area contributed by atoms with Gasteiger partial charge in [0.05, 0.1) is 6.61 Å². The molecule has 0 radical (unpaired) electrons. The van der Waals surface area contributed by atoms with Gasteiger partial charge in [0.25, 0.3) is 0 Å². The van der Waals surface area contributed by atoms with Gasteiger partial charge >= 0.3 is 0 Å². The summed E-state index contributed by atoms with van der Waals surface area (Å²) in [6, 6.07) is 6.65. The Balaban J connectivity index is 2.30. The van der Waals surface area contributed by atoms with Gasteiger partial charge in [0.2, 0.25) is 0 Å². The molecule has 0 aliphatic rings. The number of rotatable bonds is 10. The Kier molecular flexibility index (Phi) is 8.26. The SMILES string of the molecule is CNC(C)c1ccc(OCCOCCCOC)c(C)c1. The molecule has 4 heteroatoms. The molecule has 0 bridgehead atoms. The lowest BCUT2D eigenvalue weighted by molar-refractivity contribution is 0.0805. The first-order chi connectivity index (χ1) is 9.69. The van der Waals surface area contributed by atoms with Gasteiger partial charge in [-0.25, -0.2) is 0 Å². The van der Waals surface area contributed by atoms with Crippen molar-refractivity contribution in [3.63, 3.8) is 0 Å². The number of nitrogens with one attached hydrogen (secondary N) is 1. The minimum Gasteiger partial charge on any atom is -0.491 e. The molecule has 1 aromatic rings. The molecular formula is C16H27NO3. The lowest BCUT2D eigenvalue weighted by Gasteiger charge is -2.14. The highest BCUT2D eigenvalue weighted by Gasteiger charge is 2.05. The summed E-state index contributed by atoms with van der Waals surface area (Å²) < 4.78 is 16.2. The maximum absolute atomic E-state index is 5.74. The predicted molar refractivity (Wildman–Crippen MR) is 81.5 cm³/mol. The maximum Gasteiger partial charge on any atom is 0.122 e. The van der Waals surface area contributed by atoms with Crippen molar-refractivity contribution in [2.75, 3.05) is 40.6 Å². The van der Waals surface area contributed by atoms with E-state index in [1.165, 1.54) is 5.56 Å². The molecule has 1 rings (SSSR count). The third-order valence-electron chi connectivity index (χ3n) is 3.25. The van der Waals surface area contributed by atoms with E-state index in [0.29, 0.717) is 19.3 Å². The van der Waals surface area contributed by atoms with Crippen LogP contribution in [0.15, 0.2) is 18.2 Å². The quantitative estimate of drug-likeness (QED) is 0.669. The number of benzene rings is 1. The van der Waals surface area contributed by atoms with Crippen molar-refractivity contribution < 1.29 is 14.2 Å². The van der Waals surface area contributed by atoms with E-state index < -0.39 is 0 Å². The van der Waals surface area contributed by atoms with Crippen molar-refractivity contribution in [3.8, 4) is 5.75 Å². The summed E-state index contributed by atoms with van der Waals surface area (Å²) in [7, 11) is 3.66. The van der Waals surface area contributed by atoms with Gasteiger partial charge in [-0.15, -0.1) is 0 Å². The summed E-state index contributed by atoms with van der Waals surface area (Å²) in [6.07, 6.45) is 0.923. The Bertz CT molecular complexity index is 382. The van der Waals surface area contributed by atoms with Crippen LogP contribution in [0.4, 0.5) is 0 Å². The monoisotopic (exact) mass is 281 g/mol. The standard InChI is InChI=1S/C16H27NO3/c1-13-12-15(14(2)17-3)6-7-16(13)20-11-10-19-9-5-8-18-4/h6-7,12,14,17H,5,8-11H2,1-4H3. The Morgan fingerprint density at radius 2 is 1.95 bits per heavy atom. The lowest BCUT2D eigenvalue weighted by atomic mass is 10.1. The molecule has 20 heavy (non-hydrogen) atoms. The highest BCUT2D eigenvalue weighted by molar-refractivity contribution is 5.37. The number of ether oxygens (including phenoxy) is 3. The maximum atomic E-state index is 5.74. The second-order valence-corrected chi connectivity index (χ2v) is 4.84. The van der Waals surface area contributed by atoms with E-state index in [4.69, 9.17) is 14.2 Å². The van der Waals surface area contributed by atoms with Crippen molar-refractivity contribution in [1.82, 2.24) is 5.32 Å². The zero-order valence-electron chi connectivity index (χ0n) is 13.1. The lowest BCUT2D eigenvalue weighted by Crippen LogP contribution is -2.13. The zero-order chi connectivity index (χ0) is 14.8. The van der Waals surface area contributed by atoms with Crippen molar-refractivity contribution in [1.29, 1.82) is 0 Å². The van der Waals surface area contributed by atoms with Crippen LogP contribution < -0.4 is 10.1 Å². The first kappa shape index (κ1) is 17.0. The molecular weight excluding hydrogens is 254 g/mol. The van der Waals surface area contributed by atoms with Crippen molar-refractivity contribution in [2.45, 2.75) is 26.3 Å². The third kappa shape index (κ3) is 5.90. The molecule has 0 heterocycles. The van der Waals surface area contributed by atoms with Gasteiger partial charge in [0, 0.05) is 26.4 Å². The van der Waals surface area contributed by atoms with Gasteiger partial charge in [0.1, 0.15) is 12.4 Å². The van der Waals surface area contributed by atoms with Crippen LogP contribution in [0.3, 0.4) is 0 Å². The normalized spacial score (nSPS) is 12.4. The Hall–Kier alpha value is -1.10. The minimum absolute atomic E-state index is 0.354. The van der Waals surface area contributed by atoms with E-state index in [0.717, 1.165) is 30.9 Å². The zero-order valence-corrected chi connectivity index (χ0v) is 13.1. The molecule has 1 atom stereocenters. The average Bonchev–Trinajstić information content (AvgIpc) is 2.46. The van der Waals surface area contributed by atoms with E-state index in [9.17, 15) is 0 Å². The van der Waals surface area contributed by atoms with Crippen LogP contribution in [-0.2, 0) is 9.47 Å². The molecule has 1 N–H and O–H groups in total. The summed E-state index contributed by atoms with van der Waals surface area (Å²) in [5.41, 5.74) is 2.43. The second-order valence-electron chi connectivity index (χ2n) is 4.84. The molecule has 0 spiro atoms. The third-order valence-corrected chi connectivity index (χ3v) is 3.25. The summed E-state index contributed by atoms with van der Waals surface area (Å²) in [5.74, 6) is 0.928. The summed E-state index contributed by atoms with van der Waals surface area (Å²) in [6.45, 7) is 6.86. The highest BCUT2D eigenvalue weighted by Crippen LogP contribution is 2.22. The smallest absolute Gasteiger partial charge is 0.122 e. The van der Waals surface area contributed by atoms with Crippen LogP contribution in [0, 0.1) is 6.92 Å². The van der Waals surface area contributed by atoms with Gasteiger partial charge in [-0.05, 0) is 44.5 Å². The van der Waals surface area contributed by atoms with Gasteiger partial charge < -0.3 is 19.5 Å². The topological polar surface area (TPSA) is 39.7 Å². The fourth-order valence-electron chi connectivity index (χ4n) is 1.89. The Morgan fingerprint density at radius 3 is 2.60 bits per heavy atom. The first-order valence-electron chi connectivity index (χ1n) is 7.16. The van der Waals surface area contributed by atoms with Gasteiger partial charge in [-0.3, -0.25) is 0 Å².